The molecule has 1 heterocycles. The minimum Gasteiger partial charge on any atom is -0.324 e. The van der Waals surface area contributed by atoms with Gasteiger partial charge in [0.2, 0.25) is 0 Å². The molecule has 0 fully saturated rings. The molecule has 0 radical (unpaired) electrons. The van der Waals surface area contributed by atoms with E-state index < -0.39 is 0 Å². The largest absolute Gasteiger partial charge is 0.324 e. The molecule has 0 amide bonds. The van der Waals surface area contributed by atoms with E-state index in [0.717, 1.165) is 30.7 Å². The first-order chi connectivity index (χ1) is 9.58. The van der Waals surface area contributed by atoms with E-state index in [2.05, 4.69) is 28.6 Å². The van der Waals surface area contributed by atoms with Crippen molar-refractivity contribution in [2.24, 2.45) is 0 Å². The van der Waals surface area contributed by atoms with Gasteiger partial charge in [-0.3, -0.25) is 0 Å². The molecule has 0 unspecified atom stereocenters. The Labute approximate surface area is 129 Å². The number of allylic oxidation sites excluding steroid dienone is 3. The fourth-order valence-corrected chi connectivity index (χ4v) is 2.40. The van der Waals surface area contributed by atoms with Gasteiger partial charge in [0, 0.05) is 6.54 Å². The van der Waals surface area contributed by atoms with Crippen LogP contribution in [0.2, 0.25) is 0 Å². The predicted molar refractivity (Wildman–Crippen MR) is 87.3 cm³/mol. The first-order valence-corrected chi connectivity index (χ1v) is 7.42. The van der Waals surface area contributed by atoms with E-state index in [4.69, 9.17) is 23.2 Å². The fourth-order valence-electron chi connectivity index (χ4n) is 2.18. The van der Waals surface area contributed by atoms with E-state index in [1.165, 1.54) is 11.1 Å². The Kier molecular flexibility index (Phi) is 5.27. The lowest BCUT2D eigenvalue weighted by Gasteiger charge is -2.04. The van der Waals surface area contributed by atoms with Crippen molar-refractivity contribution in [1.29, 1.82) is 0 Å². The van der Waals surface area contributed by atoms with Gasteiger partial charge >= 0.3 is 0 Å². The molecule has 0 aliphatic carbocycles. The van der Waals surface area contributed by atoms with Crippen LogP contribution in [0.4, 0.5) is 0 Å². The molecule has 0 saturated heterocycles. The molecule has 0 atom stereocenters. The zero-order chi connectivity index (χ0) is 14.5. The lowest BCUT2D eigenvalue weighted by Crippen LogP contribution is -1.98. The zero-order valence-electron chi connectivity index (χ0n) is 11.7. The maximum Gasteiger partial charge on any atom is 0.107 e. The lowest BCUT2D eigenvalue weighted by molar-refractivity contribution is 0.794. The van der Waals surface area contributed by atoms with Crippen LogP contribution in [0.1, 0.15) is 25.6 Å². The Hall–Kier alpha value is -1.25. The van der Waals surface area contributed by atoms with Crippen LogP contribution in [0.15, 0.2) is 46.5 Å². The highest BCUT2D eigenvalue weighted by atomic mass is 35.5. The van der Waals surface area contributed by atoms with Crippen LogP contribution >= 0.6 is 23.2 Å². The summed E-state index contributed by atoms with van der Waals surface area (Å²) < 4.78 is 2.57. The second-order valence-corrected chi connectivity index (χ2v) is 5.85. The van der Waals surface area contributed by atoms with Crippen LogP contribution in [-0.4, -0.2) is 9.55 Å². The highest BCUT2D eigenvalue weighted by Crippen LogP contribution is 2.17. The molecule has 2 nitrogen and oxygen atoms in total. The van der Waals surface area contributed by atoms with Crippen LogP contribution in [0.5, 0.6) is 0 Å². The number of hydrogen-bond acceptors (Lipinski definition) is 1. The van der Waals surface area contributed by atoms with Gasteiger partial charge in [-0.2, -0.15) is 0 Å². The second-order valence-electron chi connectivity index (χ2n) is 4.84. The molecular formula is C16H18Cl2N2. The van der Waals surface area contributed by atoms with Crippen LogP contribution in [-0.2, 0) is 6.54 Å². The third kappa shape index (κ3) is 3.87. The van der Waals surface area contributed by atoms with Crippen molar-refractivity contribution in [2.75, 3.05) is 0 Å². The highest BCUT2D eigenvalue weighted by Gasteiger charge is 2.04. The number of benzene rings is 1. The Balaban J connectivity index is 2.08. The first kappa shape index (κ1) is 15.1. The van der Waals surface area contributed by atoms with Crippen molar-refractivity contribution in [3.63, 3.8) is 0 Å². The van der Waals surface area contributed by atoms with Crippen molar-refractivity contribution in [1.82, 2.24) is 9.55 Å². The molecule has 0 bridgehead atoms. The van der Waals surface area contributed by atoms with Crippen LogP contribution in [0.25, 0.3) is 11.0 Å². The number of halogens is 2. The van der Waals surface area contributed by atoms with E-state index in [0.29, 0.717) is 4.49 Å². The third-order valence-electron chi connectivity index (χ3n) is 3.31. The summed E-state index contributed by atoms with van der Waals surface area (Å²) >= 11 is 11.2. The lowest BCUT2D eigenvalue weighted by atomic mass is 10.1. The molecule has 0 aliphatic rings. The standard InChI is InChI=1S/C16H18Cl2N2/c1-12(6-5-9-16(17)18)10-11-20-13(2)19-14-7-3-4-8-15(14)20/h3-4,7-10H,5-6,11H2,1-2H3. The van der Waals surface area contributed by atoms with Crippen LogP contribution in [0.3, 0.4) is 0 Å². The number of fused-ring (bicyclic) bond motifs is 1. The Morgan fingerprint density at radius 1 is 1.25 bits per heavy atom. The summed E-state index contributed by atoms with van der Waals surface area (Å²) in [6.07, 6.45) is 5.90. The number of nitrogens with zero attached hydrogens (tertiary/aromatic N) is 2. The van der Waals surface area contributed by atoms with Crippen molar-refractivity contribution < 1.29 is 0 Å². The maximum atomic E-state index is 5.60. The van der Waals surface area contributed by atoms with Gasteiger partial charge in [-0.25, -0.2) is 4.98 Å². The van der Waals surface area contributed by atoms with Gasteiger partial charge in [-0.05, 0) is 38.8 Å². The van der Waals surface area contributed by atoms with Crippen molar-refractivity contribution in [3.05, 3.63) is 52.3 Å². The normalized spacial score (nSPS) is 11.9. The van der Waals surface area contributed by atoms with Crippen molar-refractivity contribution >= 4 is 34.2 Å². The van der Waals surface area contributed by atoms with Crippen molar-refractivity contribution in [2.45, 2.75) is 33.2 Å². The molecule has 0 aliphatic heterocycles. The van der Waals surface area contributed by atoms with Gasteiger partial charge in [0.05, 0.1) is 11.0 Å². The Morgan fingerprint density at radius 2 is 2.00 bits per heavy atom. The van der Waals surface area contributed by atoms with Gasteiger partial charge in [0.15, 0.2) is 0 Å². The monoisotopic (exact) mass is 308 g/mol. The zero-order valence-corrected chi connectivity index (χ0v) is 13.2. The second kappa shape index (κ2) is 6.96. The number of hydrogen-bond donors (Lipinski definition) is 0. The average molecular weight is 309 g/mol. The van der Waals surface area contributed by atoms with E-state index in [1.807, 2.05) is 31.2 Å². The van der Waals surface area contributed by atoms with Crippen LogP contribution < -0.4 is 0 Å². The summed E-state index contributed by atoms with van der Waals surface area (Å²) in [5.74, 6) is 1.04. The molecule has 0 spiro atoms. The molecule has 2 aromatic rings. The third-order valence-corrected chi connectivity index (χ3v) is 3.61. The summed E-state index contributed by atoms with van der Waals surface area (Å²) in [4.78, 5) is 4.57. The number of aryl methyl sites for hydroxylation is 1. The highest BCUT2D eigenvalue weighted by molar-refractivity contribution is 6.55. The Morgan fingerprint density at radius 3 is 2.75 bits per heavy atom. The molecule has 4 heteroatoms. The van der Waals surface area contributed by atoms with Gasteiger partial charge < -0.3 is 4.57 Å². The van der Waals surface area contributed by atoms with E-state index in [1.54, 1.807) is 0 Å². The predicted octanol–water partition coefficient (Wildman–Crippen LogP) is 5.39. The quantitative estimate of drug-likeness (QED) is 0.677. The molecule has 20 heavy (non-hydrogen) atoms. The van der Waals surface area contributed by atoms with E-state index >= 15 is 0 Å². The average Bonchev–Trinajstić information content (AvgIpc) is 2.71. The molecule has 2 rings (SSSR count). The summed E-state index contributed by atoms with van der Waals surface area (Å²) in [6.45, 7) is 5.01. The molecular weight excluding hydrogens is 291 g/mol. The van der Waals surface area contributed by atoms with Gasteiger partial charge in [0.1, 0.15) is 10.3 Å². The number of para-hydroxylation sites is 2. The molecule has 0 N–H and O–H groups in total. The fraction of sp³-hybridized carbons (Fsp3) is 0.312. The van der Waals surface area contributed by atoms with Crippen molar-refractivity contribution in [3.8, 4) is 0 Å². The van der Waals surface area contributed by atoms with E-state index in [-0.39, 0.29) is 0 Å². The van der Waals surface area contributed by atoms with Gasteiger partial charge in [0.25, 0.3) is 0 Å². The number of rotatable bonds is 5. The SMILES string of the molecule is CC(=CCn1c(C)nc2ccccc21)CCC=C(Cl)Cl. The summed E-state index contributed by atoms with van der Waals surface area (Å²) in [6, 6.07) is 8.21. The first-order valence-electron chi connectivity index (χ1n) is 6.66. The molecule has 0 saturated carbocycles. The minimum absolute atomic E-state index is 0.342. The topological polar surface area (TPSA) is 17.8 Å². The Bertz CT molecular complexity index is 650. The van der Waals surface area contributed by atoms with Gasteiger partial charge in [-0.1, -0.05) is 53.1 Å². The van der Waals surface area contributed by atoms with E-state index in [9.17, 15) is 0 Å². The smallest absolute Gasteiger partial charge is 0.107 e. The van der Waals surface area contributed by atoms with Crippen LogP contribution in [0, 0.1) is 6.92 Å². The van der Waals surface area contributed by atoms with Gasteiger partial charge in [-0.15, -0.1) is 0 Å². The maximum absolute atomic E-state index is 5.60. The minimum atomic E-state index is 0.342. The molecule has 1 aromatic carbocycles. The number of aromatic nitrogens is 2. The number of imidazole rings is 1. The molecule has 1 aromatic heterocycles. The summed E-state index contributed by atoms with van der Waals surface area (Å²) in [7, 11) is 0. The summed E-state index contributed by atoms with van der Waals surface area (Å²) in [5.41, 5.74) is 3.55. The summed E-state index contributed by atoms with van der Waals surface area (Å²) in [5, 5.41) is 0. The molecule has 106 valence electrons.